The van der Waals surface area contributed by atoms with E-state index in [9.17, 15) is 9.59 Å². The SMILES string of the molecule is CCN/C(C)=C(/CNC(=O)c1cc(C)cc(NCC)c1C)C(N)=O.COc1cccc(CN(C)C2CCCCC2)c1. The number of allylic oxidation sites excluding steroid dienone is 1. The number of hydrogen-bond donors (Lipinski definition) is 4. The highest BCUT2D eigenvalue weighted by molar-refractivity contribution is 5.99. The van der Waals surface area contributed by atoms with Crippen molar-refractivity contribution in [3.63, 3.8) is 0 Å². The summed E-state index contributed by atoms with van der Waals surface area (Å²) in [5.74, 6) is 0.195. The van der Waals surface area contributed by atoms with Crippen LogP contribution in [-0.4, -0.2) is 56.5 Å². The maximum absolute atomic E-state index is 12.5. The number of nitrogens with zero attached hydrogens (tertiary/aromatic N) is 1. The van der Waals surface area contributed by atoms with E-state index in [-0.39, 0.29) is 12.5 Å². The van der Waals surface area contributed by atoms with Gasteiger partial charge < -0.3 is 26.4 Å². The molecule has 8 nitrogen and oxygen atoms in total. The van der Waals surface area contributed by atoms with Crippen LogP contribution in [0.15, 0.2) is 47.7 Å². The van der Waals surface area contributed by atoms with Crippen LogP contribution >= 0.6 is 0 Å². The second-order valence-corrected chi connectivity index (χ2v) is 10.8. The molecule has 5 N–H and O–H groups in total. The predicted octanol–water partition coefficient (Wildman–Crippen LogP) is 5.29. The number of methoxy groups -OCH3 is 1. The molecule has 1 aliphatic carbocycles. The van der Waals surface area contributed by atoms with Gasteiger partial charge in [-0.25, -0.2) is 0 Å². The van der Waals surface area contributed by atoms with Crippen LogP contribution in [0.5, 0.6) is 5.75 Å². The molecule has 0 heterocycles. The van der Waals surface area contributed by atoms with Gasteiger partial charge in [-0.15, -0.1) is 0 Å². The largest absolute Gasteiger partial charge is 0.497 e. The van der Waals surface area contributed by atoms with Gasteiger partial charge in [0.1, 0.15) is 5.75 Å². The molecule has 0 bridgehead atoms. The number of ether oxygens (including phenoxy) is 1. The van der Waals surface area contributed by atoms with Crippen molar-refractivity contribution in [1.82, 2.24) is 15.5 Å². The molecule has 1 saturated carbocycles. The molecule has 0 aliphatic heterocycles. The zero-order valence-corrected chi connectivity index (χ0v) is 26.2. The molecule has 0 radical (unpaired) electrons. The lowest BCUT2D eigenvalue weighted by atomic mass is 9.94. The van der Waals surface area contributed by atoms with E-state index in [1.54, 1.807) is 14.0 Å². The third kappa shape index (κ3) is 10.8. The normalized spacial score (nSPS) is 14.0. The highest BCUT2D eigenvalue weighted by atomic mass is 16.5. The molecule has 3 rings (SSSR count). The second-order valence-electron chi connectivity index (χ2n) is 10.8. The van der Waals surface area contributed by atoms with Gasteiger partial charge in [0.25, 0.3) is 5.91 Å². The standard InChI is InChI=1S/C18H28N4O2.C15H23NO/c1-6-20-13(5)15(17(19)23)10-22-18(24)14-8-11(3)9-16(12(14)4)21-7-2;1-16(14-8-4-3-5-9-14)12-13-7-6-10-15(11-13)17-2/h8-9,20-21H,6-7,10H2,1-5H3,(H2,19,23)(H,22,24);6-7,10-11,14H,3-5,8-9,12H2,1-2H3/b15-13-;. The molecule has 0 atom stereocenters. The van der Waals surface area contributed by atoms with Gasteiger partial charge in [-0.1, -0.05) is 31.4 Å². The van der Waals surface area contributed by atoms with Gasteiger partial charge in [-0.2, -0.15) is 0 Å². The van der Waals surface area contributed by atoms with E-state index < -0.39 is 5.91 Å². The minimum absolute atomic E-state index is 0.0942. The lowest BCUT2D eigenvalue weighted by Crippen LogP contribution is -2.33. The van der Waals surface area contributed by atoms with Gasteiger partial charge in [0.2, 0.25) is 5.91 Å². The van der Waals surface area contributed by atoms with Gasteiger partial charge in [-0.05, 0) is 95.5 Å². The number of carbonyl (C=O) groups is 2. The summed E-state index contributed by atoms with van der Waals surface area (Å²) in [6.45, 7) is 12.1. The number of benzene rings is 2. The van der Waals surface area contributed by atoms with Crippen molar-refractivity contribution in [2.45, 2.75) is 79.3 Å². The van der Waals surface area contributed by atoms with Crippen LogP contribution in [0.2, 0.25) is 0 Å². The lowest BCUT2D eigenvalue weighted by Gasteiger charge is -2.31. The highest BCUT2D eigenvalue weighted by Crippen LogP contribution is 2.24. The Morgan fingerprint density at radius 1 is 1.02 bits per heavy atom. The van der Waals surface area contributed by atoms with Crippen LogP contribution in [-0.2, 0) is 11.3 Å². The summed E-state index contributed by atoms with van der Waals surface area (Å²) in [6.07, 6.45) is 6.94. The Morgan fingerprint density at radius 2 is 1.73 bits per heavy atom. The number of nitrogens with one attached hydrogen (secondary N) is 3. The molecule has 226 valence electrons. The first-order chi connectivity index (χ1) is 19.6. The number of anilines is 1. The predicted molar refractivity (Wildman–Crippen MR) is 169 cm³/mol. The van der Waals surface area contributed by atoms with Crippen LogP contribution in [0.1, 0.15) is 79.9 Å². The number of amides is 2. The van der Waals surface area contributed by atoms with Gasteiger partial charge in [-0.3, -0.25) is 14.5 Å². The highest BCUT2D eigenvalue weighted by Gasteiger charge is 2.18. The Balaban J connectivity index is 0.000000303. The van der Waals surface area contributed by atoms with Gasteiger partial charge >= 0.3 is 0 Å². The lowest BCUT2D eigenvalue weighted by molar-refractivity contribution is -0.114. The molecule has 0 unspecified atom stereocenters. The fraction of sp³-hybridized carbons (Fsp3) is 0.515. The van der Waals surface area contributed by atoms with E-state index in [0.29, 0.717) is 23.4 Å². The summed E-state index contributed by atoms with van der Waals surface area (Å²) in [5, 5.41) is 9.10. The van der Waals surface area contributed by atoms with Crippen LogP contribution in [0.3, 0.4) is 0 Å². The van der Waals surface area contributed by atoms with Crippen LogP contribution in [0, 0.1) is 13.8 Å². The van der Waals surface area contributed by atoms with Gasteiger partial charge in [0.05, 0.1) is 19.2 Å². The molecular formula is C33H51N5O3. The van der Waals surface area contributed by atoms with Crippen molar-refractivity contribution < 1.29 is 14.3 Å². The van der Waals surface area contributed by atoms with Crippen molar-refractivity contribution in [3.05, 3.63) is 69.9 Å². The number of carbonyl (C=O) groups excluding carboxylic acids is 2. The Morgan fingerprint density at radius 3 is 2.34 bits per heavy atom. The summed E-state index contributed by atoms with van der Waals surface area (Å²) in [6, 6.07) is 13.0. The minimum atomic E-state index is -0.539. The number of aryl methyl sites for hydroxylation is 1. The van der Waals surface area contributed by atoms with Crippen molar-refractivity contribution in [1.29, 1.82) is 0 Å². The summed E-state index contributed by atoms with van der Waals surface area (Å²) >= 11 is 0. The van der Waals surface area contributed by atoms with Crippen molar-refractivity contribution >= 4 is 17.5 Å². The zero-order chi connectivity index (χ0) is 30.4. The molecule has 0 spiro atoms. The molecule has 0 aromatic heterocycles. The Hall–Kier alpha value is -3.52. The fourth-order valence-electron chi connectivity index (χ4n) is 5.22. The first kappa shape index (κ1) is 33.7. The summed E-state index contributed by atoms with van der Waals surface area (Å²) in [7, 11) is 3.97. The average molecular weight is 566 g/mol. The topological polar surface area (TPSA) is 109 Å². The Labute approximate surface area is 247 Å². The van der Waals surface area contributed by atoms with E-state index in [2.05, 4.69) is 46.1 Å². The van der Waals surface area contributed by atoms with Crippen LogP contribution in [0.25, 0.3) is 0 Å². The van der Waals surface area contributed by atoms with Crippen molar-refractivity contribution in [2.24, 2.45) is 5.73 Å². The molecule has 1 aliphatic rings. The van der Waals surface area contributed by atoms with E-state index in [1.165, 1.54) is 37.7 Å². The molecule has 2 amide bonds. The summed E-state index contributed by atoms with van der Waals surface area (Å²) in [5.41, 5.74) is 11.2. The quantitative estimate of drug-likeness (QED) is 0.260. The molecule has 2 aromatic carbocycles. The van der Waals surface area contributed by atoms with Crippen molar-refractivity contribution in [2.75, 3.05) is 39.1 Å². The minimum Gasteiger partial charge on any atom is -0.497 e. The zero-order valence-electron chi connectivity index (χ0n) is 26.2. The summed E-state index contributed by atoms with van der Waals surface area (Å²) in [4.78, 5) is 26.6. The van der Waals surface area contributed by atoms with E-state index in [0.717, 1.165) is 41.7 Å². The third-order valence-electron chi connectivity index (χ3n) is 7.55. The van der Waals surface area contributed by atoms with E-state index in [4.69, 9.17) is 10.5 Å². The molecule has 8 heteroatoms. The van der Waals surface area contributed by atoms with E-state index in [1.807, 2.05) is 45.9 Å². The van der Waals surface area contributed by atoms with E-state index >= 15 is 0 Å². The first-order valence-corrected chi connectivity index (χ1v) is 14.8. The Kier molecular flexibility index (Phi) is 14.2. The number of nitrogens with two attached hydrogens (primary N) is 1. The average Bonchev–Trinajstić information content (AvgIpc) is 2.95. The Bertz CT molecular complexity index is 1170. The van der Waals surface area contributed by atoms with Gasteiger partial charge in [0, 0.05) is 42.6 Å². The number of primary amides is 1. The van der Waals surface area contributed by atoms with Crippen LogP contribution in [0.4, 0.5) is 5.69 Å². The first-order valence-electron chi connectivity index (χ1n) is 14.8. The molecule has 0 saturated heterocycles. The molecule has 41 heavy (non-hydrogen) atoms. The molecule has 1 fully saturated rings. The summed E-state index contributed by atoms with van der Waals surface area (Å²) < 4.78 is 5.26. The maximum Gasteiger partial charge on any atom is 0.251 e. The second kappa shape index (κ2) is 17.3. The number of rotatable bonds is 12. The number of hydrogen-bond acceptors (Lipinski definition) is 6. The van der Waals surface area contributed by atoms with Crippen molar-refractivity contribution in [3.8, 4) is 5.75 Å². The van der Waals surface area contributed by atoms with Gasteiger partial charge in [0.15, 0.2) is 0 Å². The maximum atomic E-state index is 12.5. The molecular weight excluding hydrogens is 514 g/mol. The third-order valence-corrected chi connectivity index (χ3v) is 7.55. The monoisotopic (exact) mass is 565 g/mol. The smallest absolute Gasteiger partial charge is 0.251 e. The van der Waals surface area contributed by atoms with Crippen LogP contribution < -0.4 is 26.4 Å². The molecule has 2 aromatic rings. The fourth-order valence-corrected chi connectivity index (χ4v) is 5.22.